The van der Waals surface area contributed by atoms with E-state index in [1.165, 1.54) is 12.1 Å². The molecule has 1 aromatic carbocycles. The molecule has 2 aliphatic heterocycles. The molecule has 138 valence electrons. The van der Waals surface area contributed by atoms with E-state index in [1.807, 2.05) is 0 Å². The van der Waals surface area contributed by atoms with Crippen LogP contribution in [0.25, 0.3) is 0 Å². The zero-order valence-electron chi connectivity index (χ0n) is 14.0. The SMILES string of the molecule is O=C(NC1CCN(CC2CCCO2)CC1)c1cccc(S(=O)(=O)F)c1. The quantitative estimate of drug-likeness (QED) is 0.799. The van der Waals surface area contributed by atoms with Crippen LogP contribution in [-0.2, 0) is 15.0 Å². The number of benzene rings is 1. The fourth-order valence-electron chi connectivity index (χ4n) is 3.39. The van der Waals surface area contributed by atoms with Crippen LogP contribution >= 0.6 is 0 Å². The van der Waals surface area contributed by atoms with Crippen molar-refractivity contribution in [2.45, 2.75) is 42.7 Å². The Morgan fingerprint density at radius 3 is 2.68 bits per heavy atom. The lowest BCUT2D eigenvalue weighted by molar-refractivity contribution is 0.0613. The summed E-state index contributed by atoms with van der Waals surface area (Å²) < 4.78 is 40.6. The summed E-state index contributed by atoms with van der Waals surface area (Å²) in [7, 11) is -4.81. The van der Waals surface area contributed by atoms with Crippen LogP contribution in [0.15, 0.2) is 29.2 Å². The lowest BCUT2D eigenvalue weighted by Crippen LogP contribution is -2.46. The van der Waals surface area contributed by atoms with Crippen molar-refractivity contribution >= 4 is 16.1 Å². The second kappa shape index (κ2) is 7.80. The van der Waals surface area contributed by atoms with Crippen LogP contribution in [0.1, 0.15) is 36.0 Å². The topological polar surface area (TPSA) is 75.7 Å². The van der Waals surface area contributed by atoms with Crippen molar-refractivity contribution in [3.63, 3.8) is 0 Å². The molecule has 8 heteroatoms. The van der Waals surface area contributed by atoms with Gasteiger partial charge in [0.25, 0.3) is 5.91 Å². The summed E-state index contributed by atoms with van der Waals surface area (Å²) in [6.07, 6.45) is 4.24. The third-order valence-corrected chi connectivity index (χ3v) is 5.60. The molecule has 2 fully saturated rings. The van der Waals surface area contributed by atoms with E-state index in [1.54, 1.807) is 0 Å². The number of nitrogens with one attached hydrogen (secondary N) is 1. The molecule has 1 atom stereocenters. The predicted molar refractivity (Wildman–Crippen MR) is 90.6 cm³/mol. The van der Waals surface area contributed by atoms with Crippen LogP contribution in [-0.4, -0.2) is 57.6 Å². The van der Waals surface area contributed by atoms with E-state index < -0.39 is 15.1 Å². The smallest absolute Gasteiger partial charge is 0.332 e. The molecule has 6 nitrogen and oxygen atoms in total. The Morgan fingerprint density at radius 1 is 1.28 bits per heavy atom. The van der Waals surface area contributed by atoms with Crippen LogP contribution in [0, 0.1) is 0 Å². The monoisotopic (exact) mass is 370 g/mol. The van der Waals surface area contributed by atoms with Gasteiger partial charge in [-0.05, 0) is 43.9 Å². The third-order valence-electron chi connectivity index (χ3n) is 4.79. The minimum atomic E-state index is -4.81. The minimum Gasteiger partial charge on any atom is -0.377 e. The van der Waals surface area contributed by atoms with E-state index in [2.05, 4.69) is 10.2 Å². The number of hydrogen-bond acceptors (Lipinski definition) is 5. The lowest BCUT2D eigenvalue weighted by Gasteiger charge is -2.33. The average Bonchev–Trinajstić information content (AvgIpc) is 3.09. The average molecular weight is 370 g/mol. The number of amides is 1. The van der Waals surface area contributed by atoms with Gasteiger partial charge in [-0.25, -0.2) is 0 Å². The molecule has 25 heavy (non-hydrogen) atoms. The Balaban J connectivity index is 1.51. The highest BCUT2D eigenvalue weighted by atomic mass is 32.3. The summed E-state index contributed by atoms with van der Waals surface area (Å²) in [5, 5.41) is 2.91. The van der Waals surface area contributed by atoms with Crippen molar-refractivity contribution in [3.8, 4) is 0 Å². The van der Waals surface area contributed by atoms with E-state index in [0.29, 0.717) is 6.10 Å². The highest BCUT2D eigenvalue weighted by molar-refractivity contribution is 7.86. The highest BCUT2D eigenvalue weighted by Gasteiger charge is 2.25. The van der Waals surface area contributed by atoms with Gasteiger partial charge in [0.1, 0.15) is 0 Å². The molecular formula is C17H23FN2O4S. The van der Waals surface area contributed by atoms with Crippen LogP contribution in [0.2, 0.25) is 0 Å². The Morgan fingerprint density at radius 2 is 2.04 bits per heavy atom. The van der Waals surface area contributed by atoms with Crippen molar-refractivity contribution in [2.24, 2.45) is 0 Å². The number of nitrogens with zero attached hydrogens (tertiary/aromatic N) is 1. The van der Waals surface area contributed by atoms with Gasteiger partial charge in [0.2, 0.25) is 0 Å². The van der Waals surface area contributed by atoms with E-state index in [9.17, 15) is 17.1 Å². The second-order valence-corrected chi connectivity index (χ2v) is 8.00. The summed E-state index contributed by atoms with van der Waals surface area (Å²) in [5.74, 6) is -0.372. The number of carbonyl (C=O) groups is 1. The molecule has 0 aliphatic carbocycles. The molecule has 2 saturated heterocycles. The van der Waals surface area contributed by atoms with Gasteiger partial charge in [0.05, 0.1) is 11.0 Å². The Bertz CT molecular complexity index is 711. The zero-order valence-corrected chi connectivity index (χ0v) is 14.8. The molecule has 2 heterocycles. The maximum atomic E-state index is 13.1. The Kier molecular flexibility index (Phi) is 5.71. The summed E-state index contributed by atoms with van der Waals surface area (Å²) in [5.41, 5.74) is 0.153. The van der Waals surface area contributed by atoms with Crippen LogP contribution < -0.4 is 5.32 Å². The van der Waals surface area contributed by atoms with E-state index in [4.69, 9.17) is 4.74 Å². The number of halogens is 1. The van der Waals surface area contributed by atoms with Gasteiger partial charge in [-0.3, -0.25) is 4.79 Å². The largest absolute Gasteiger partial charge is 0.377 e. The minimum absolute atomic E-state index is 0.0406. The predicted octanol–water partition coefficient (Wildman–Crippen LogP) is 1.72. The molecule has 0 spiro atoms. The van der Waals surface area contributed by atoms with Gasteiger partial charge in [0, 0.05) is 37.8 Å². The van der Waals surface area contributed by atoms with Crippen molar-refractivity contribution < 1.29 is 21.8 Å². The normalized spacial score (nSPS) is 22.8. The molecule has 0 aromatic heterocycles. The van der Waals surface area contributed by atoms with Crippen molar-refractivity contribution in [2.75, 3.05) is 26.2 Å². The standard InChI is InChI=1S/C17H23FN2O4S/c18-25(22,23)16-5-1-3-13(11-16)17(21)19-14-6-8-20(9-7-14)12-15-4-2-10-24-15/h1,3,5,11,14-15H,2,4,6-10,12H2,(H,19,21). The number of likely N-dealkylation sites (tertiary alicyclic amines) is 1. The van der Waals surface area contributed by atoms with E-state index in [0.717, 1.165) is 64.1 Å². The van der Waals surface area contributed by atoms with Crippen LogP contribution in [0.5, 0.6) is 0 Å². The van der Waals surface area contributed by atoms with Gasteiger partial charge < -0.3 is 15.0 Å². The van der Waals surface area contributed by atoms with E-state index in [-0.39, 0.29) is 17.5 Å². The van der Waals surface area contributed by atoms with Gasteiger partial charge in [-0.1, -0.05) is 6.07 Å². The van der Waals surface area contributed by atoms with Gasteiger partial charge in [0.15, 0.2) is 0 Å². The first-order chi connectivity index (χ1) is 11.9. The van der Waals surface area contributed by atoms with E-state index >= 15 is 0 Å². The molecule has 1 amide bonds. The molecule has 2 aliphatic rings. The molecule has 0 saturated carbocycles. The fourth-order valence-corrected chi connectivity index (χ4v) is 3.90. The number of piperidine rings is 1. The Hall–Kier alpha value is -1.51. The molecular weight excluding hydrogens is 347 g/mol. The number of hydrogen-bond donors (Lipinski definition) is 1. The molecule has 0 bridgehead atoms. The molecule has 3 rings (SSSR count). The fraction of sp³-hybridized carbons (Fsp3) is 0.588. The lowest BCUT2D eigenvalue weighted by atomic mass is 10.0. The first-order valence-corrected chi connectivity index (χ1v) is 10.00. The highest BCUT2D eigenvalue weighted by Crippen LogP contribution is 2.18. The van der Waals surface area contributed by atoms with Crippen LogP contribution in [0.3, 0.4) is 0 Å². The van der Waals surface area contributed by atoms with Gasteiger partial charge in [-0.15, -0.1) is 3.89 Å². The first-order valence-electron chi connectivity index (χ1n) is 8.61. The number of carbonyl (C=O) groups excluding carboxylic acids is 1. The van der Waals surface area contributed by atoms with Crippen LogP contribution in [0.4, 0.5) is 3.89 Å². The molecule has 1 aromatic rings. The third kappa shape index (κ3) is 4.99. The Labute approximate surface area is 147 Å². The number of rotatable bonds is 5. The molecule has 1 N–H and O–H groups in total. The maximum Gasteiger partial charge on any atom is 0.332 e. The molecule has 1 unspecified atom stereocenters. The zero-order chi connectivity index (χ0) is 17.9. The summed E-state index contributed by atoms with van der Waals surface area (Å²) in [6, 6.07) is 5.09. The maximum absolute atomic E-state index is 13.1. The summed E-state index contributed by atoms with van der Waals surface area (Å²) in [6.45, 7) is 3.58. The summed E-state index contributed by atoms with van der Waals surface area (Å²) in [4.78, 5) is 14.2. The second-order valence-electron chi connectivity index (χ2n) is 6.65. The van der Waals surface area contributed by atoms with Gasteiger partial charge in [-0.2, -0.15) is 8.42 Å². The van der Waals surface area contributed by atoms with Crippen molar-refractivity contribution in [1.82, 2.24) is 10.2 Å². The van der Waals surface area contributed by atoms with Crippen molar-refractivity contribution in [3.05, 3.63) is 29.8 Å². The number of ether oxygens (including phenoxy) is 1. The van der Waals surface area contributed by atoms with Gasteiger partial charge >= 0.3 is 10.2 Å². The van der Waals surface area contributed by atoms with Crippen molar-refractivity contribution in [1.29, 1.82) is 0 Å². The summed E-state index contributed by atoms with van der Waals surface area (Å²) >= 11 is 0. The molecule has 0 radical (unpaired) electrons. The first kappa shape index (κ1) is 18.3.